The quantitative estimate of drug-likeness (QED) is 0.304. The number of anilines is 1. The Labute approximate surface area is 225 Å². The number of nitrogens with one attached hydrogen (secondary N) is 3. The summed E-state index contributed by atoms with van der Waals surface area (Å²) in [6.07, 6.45) is 4.53. The SMILES string of the molecule is COc1ccc(F)cc1CCNc1cc[nH]c(=O)c1-c1nc2cc3c(cc2[nH]1)CN(CCN1CCCC1)C3=O. The lowest BCUT2D eigenvalue weighted by Crippen LogP contribution is -2.33. The molecule has 0 saturated carbocycles. The number of aromatic amines is 2. The first-order chi connectivity index (χ1) is 19.0. The molecule has 2 aliphatic heterocycles. The van der Waals surface area contributed by atoms with Crippen LogP contribution in [0.25, 0.3) is 22.4 Å². The molecule has 39 heavy (non-hydrogen) atoms. The van der Waals surface area contributed by atoms with Gasteiger partial charge in [0.15, 0.2) is 0 Å². The fourth-order valence-corrected chi connectivity index (χ4v) is 5.58. The minimum Gasteiger partial charge on any atom is -0.496 e. The van der Waals surface area contributed by atoms with Gasteiger partial charge in [0, 0.05) is 37.9 Å². The zero-order valence-corrected chi connectivity index (χ0v) is 21.8. The van der Waals surface area contributed by atoms with E-state index in [1.54, 1.807) is 25.4 Å². The molecule has 0 bridgehead atoms. The number of rotatable bonds is 9. The van der Waals surface area contributed by atoms with Crippen LogP contribution >= 0.6 is 0 Å². The lowest BCUT2D eigenvalue weighted by molar-refractivity contribution is 0.0763. The fourth-order valence-electron chi connectivity index (χ4n) is 5.58. The second kappa shape index (κ2) is 10.5. The van der Waals surface area contributed by atoms with Gasteiger partial charge >= 0.3 is 0 Å². The Morgan fingerprint density at radius 2 is 1.95 bits per heavy atom. The number of pyridine rings is 1. The number of H-pyrrole nitrogens is 2. The van der Waals surface area contributed by atoms with Crippen molar-refractivity contribution in [1.29, 1.82) is 0 Å². The smallest absolute Gasteiger partial charge is 0.261 e. The lowest BCUT2D eigenvalue weighted by atomic mass is 10.1. The number of methoxy groups -OCH3 is 1. The molecule has 0 atom stereocenters. The van der Waals surface area contributed by atoms with Crippen LogP contribution in [0, 0.1) is 5.82 Å². The first-order valence-electron chi connectivity index (χ1n) is 13.3. The number of benzene rings is 2. The monoisotopic (exact) mass is 530 g/mol. The van der Waals surface area contributed by atoms with Crippen LogP contribution in [0.15, 0.2) is 47.4 Å². The second-order valence-electron chi connectivity index (χ2n) is 10.1. The van der Waals surface area contributed by atoms with Crippen molar-refractivity contribution in [3.05, 3.63) is 75.5 Å². The number of halogens is 1. The predicted octanol–water partition coefficient (Wildman–Crippen LogP) is 3.77. The minimum atomic E-state index is -0.329. The first-order valence-corrected chi connectivity index (χ1v) is 13.3. The first kappa shape index (κ1) is 25.1. The van der Waals surface area contributed by atoms with Crippen LogP contribution in [0.3, 0.4) is 0 Å². The molecule has 2 aliphatic rings. The minimum absolute atomic E-state index is 0.0309. The highest BCUT2D eigenvalue weighted by molar-refractivity contribution is 6.02. The van der Waals surface area contributed by atoms with Crippen molar-refractivity contribution in [2.75, 3.05) is 45.2 Å². The zero-order chi connectivity index (χ0) is 26.9. The number of hydrogen-bond donors (Lipinski definition) is 3. The number of hydrogen-bond acceptors (Lipinski definition) is 6. The molecule has 1 amide bonds. The van der Waals surface area contributed by atoms with Gasteiger partial charge in [-0.05, 0) is 79.9 Å². The molecule has 10 heteroatoms. The van der Waals surface area contributed by atoms with E-state index in [0.29, 0.717) is 53.4 Å². The fraction of sp³-hybridized carbons (Fsp3) is 0.345. The highest BCUT2D eigenvalue weighted by atomic mass is 19.1. The summed E-state index contributed by atoms with van der Waals surface area (Å²) in [5.41, 5.74) is 4.46. The molecule has 202 valence electrons. The third-order valence-corrected chi connectivity index (χ3v) is 7.62. The predicted molar refractivity (Wildman–Crippen MR) is 148 cm³/mol. The van der Waals surface area contributed by atoms with Crippen molar-refractivity contribution in [2.24, 2.45) is 0 Å². The van der Waals surface area contributed by atoms with E-state index in [9.17, 15) is 14.0 Å². The number of nitrogens with zero attached hydrogens (tertiary/aromatic N) is 3. The Bertz CT molecular complexity index is 1590. The average molecular weight is 531 g/mol. The van der Waals surface area contributed by atoms with E-state index in [1.807, 2.05) is 17.0 Å². The van der Waals surface area contributed by atoms with Gasteiger partial charge in [-0.25, -0.2) is 9.37 Å². The zero-order valence-electron chi connectivity index (χ0n) is 21.8. The Morgan fingerprint density at radius 3 is 2.77 bits per heavy atom. The molecule has 1 saturated heterocycles. The van der Waals surface area contributed by atoms with Crippen LogP contribution in [0.5, 0.6) is 5.75 Å². The van der Waals surface area contributed by atoms with Crippen LogP contribution in [0.4, 0.5) is 10.1 Å². The molecule has 4 heterocycles. The molecule has 4 aromatic rings. The van der Waals surface area contributed by atoms with Gasteiger partial charge in [0.1, 0.15) is 23.0 Å². The maximum absolute atomic E-state index is 13.7. The number of fused-ring (bicyclic) bond motifs is 2. The highest BCUT2D eigenvalue weighted by Gasteiger charge is 2.29. The molecule has 0 radical (unpaired) electrons. The lowest BCUT2D eigenvalue weighted by Gasteiger charge is -2.20. The van der Waals surface area contributed by atoms with E-state index in [-0.39, 0.29) is 17.3 Å². The van der Waals surface area contributed by atoms with Crippen LogP contribution in [0.1, 0.15) is 34.3 Å². The van der Waals surface area contributed by atoms with E-state index in [4.69, 9.17) is 9.72 Å². The summed E-state index contributed by atoms with van der Waals surface area (Å²) in [5.74, 6) is 0.729. The van der Waals surface area contributed by atoms with Gasteiger partial charge in [0.25, 0.3) is 11.5 Å². The van der Waals surface area contributed by atoms with Gasteiger partial charge in [-0.1, -0.05) is 0 Å². The maximum Gasteiger partial charge on any atom is 0.261 e. The number of likely N-dealkylation sites (tertiary alicyclic amines) is 1. The Balaban J connectivity index is 1.21. The summed E-state index contributed by atoms with van der Waals surface area (Å²) in [5, 5.41) is 3.29. The van der Waals surface area contributed by atoms with E-state index in [0.717, 1.165) is 42.8 Å². The number of aromatic nitrogens is 3. The molecule has 1 fully saturated rings. The van der Waals surface area contributed by atoms with E-state index < -0.39 is 0 Å². The summed E-state index contributed by atoms with van der Waals surface area (Å²) in [6.45, 7) is 4.87. The molecule has 0 spiro atoms. The number of ether oxygens (including phenoxy) is 1. The summed E-state index contributed by atoms with van der Waals surface area (Å²) >= 11 is 0. The standard InChI is InChI=1S/C29H31FN6O3/c1-39-25-5-4-20(30)14-18(25)6-8-31-22-7-9-32-28(37)26(22)27-33-23-15-19-17-36(13-12-35-10-2-3-11-35)29(38)21(19)16-24(23)34-27/h4-5,7,9,14-16H,2-3,6,8,10-13,17H2,1H3,(H,33,34)(H2,31,32,37). The van der Waals surface area contributed by atoms with Crippen molar-refractivity contribution < 1.29 is 13.9 Å². The third kappa shape index (κ3) is 4.99. The number of carbonyl (C=O) groups excluding carboxylic acids is 1. The normalized spacial score (nSPS) is 15.3. The van der Waals surface area contributed by atoms with Gasteiger partial charge in [-0.2, -0.15) is 0 Å². The van der Waals surface area contributed by atoms with Crippen LogP contribution in [0.2, 0.25) is 0 Å². The molecule has 3 N–H and O–H groups in total. The van der Waals surface area contributed by atoms with Crippen molar-refractivity contribution in [2.45, 2.75) is 25.8 Å². The number of amides is 1. The van der Waals surface area contributed by atoms with E-state index >= 15 is 0 Å². The van der Waals surface area contributed by atoms with Gasteiger partial charge in [0.05, 0.1) is 23.8 Å². The molecular weight excluding hydrogens is 499 g/mol. The van der Waals surface area contributed by atoms with Crippen LogP contribution in [-0.2, 0) is 13.0 Å². The molecule has 9 nitrogen and oxygen atoms in total. The van der Waals surface area contributed by atoms with Crippen molar-refractivity contribution in [3.63, 3.8) is 0 Å². The molecule has 0 unspecified atom stereocenters. The van der Waals surface area contributed by atoms with Gasteiger partial charge in [-0.15, -0.1) is 0 Å². The van der Waals surface area contributed by atoms with Crippen molar-refractivity contribution in [3.8, 4) is 17.1 Å². The highest BCUT2D eigenvalue weighted by Crippen LogP contribution is 2.30. The largest absolute Gasteiger partial charge is 0.496 e. The molecule has 6 rings (SSSR count). The average Bonchev–Trinajstić information content (AvgIpc) is 3.66. The molecule has 2 aromatic carbocycles. The van der Waals surface area contributed by atoms with Crippen LogP contribution < -0.4 is 15.6 Å². The van der Waals surface area contributed by atoms with Crippen molar-refractivity contribution >= 4 is 22.6 Å². The summed E-state index contributed by atoms with van der Waals surface area (Å²) < 4.78 is 19.1. The van der Waals surface area contributed by atoms with E-state index in [2.05, 4.69) is 20.2 Å². The third-order valence-electron chi connectivity index (χ3n) is 7.62. The summed E-state index contributed by atoms with van der Waals surface area (Å²) in [6, 6.07) is 9.98. The van der Waals surface area contributed by atoms with E-state index in [1.165, 1.54) is 25.0 Å². The van der Waals surface area contributed by atoms with Crippen molar-refractivity contribution in [1.82, 2.24) is 24.8 Å². The van der Waals surface area contributed by atoms with Gasteiger partial charge in [0.2, 0.25) is 0 Å². The van der Waals surface area contributed by atoms with Gasteiger partial charge in [-0.3, -0.25) is 9.59 Å². The molecule has 0 aliphatic carbocycles. The second-order valence-corrected chi connectivity index (χ2v) is 10.1. The molecule has 2 aromatic heterocycles. The maximum atomic E-state index is 13.7. The van der Waals surface area contributed by atoms with Gasteiger partial charge < -0.3 is 29.8 Å². The summed E-state index contributed by atoms with van der Waals surface area (Å²) in [7, 11) is 1.55. The topological polar surface area (TPSA) is 106 Å². The number of carbonyl (C=O) groups is 1. The van der Waals surface area contributed by atoms with Crippen LogP contribution in [-0.4, -0.2) is 70.5 Å². The number of imidazole rings is 1. The Hall–Kier alpha value is -4.18. The Kier molecular flexibility index (Phi) is 6.78. The Morgan fingerprint density at radius 1 is 1.10 bits per heavy atom. The summed E-state index contributed by atoms with van der Waals surface area (Å²) in [4.78, 5) is 41.0. The molecular formula is C29H31FN6O3.